The second kappa shape index (κ2) is 6.69. The van der Waals surface area contributed by atoms with E-state index in [4.69, 9.17) is 4.74 Å². The lowest BCUT2D eigenvalue weighted by Gasteiger charge is -2.11. The van der Waals surface area contributed by atoms with E-state index in [0.29, 0.717) is 12.1 Å². The van der Waals surface area contributed by atoms with Crippen LogP contribution >= 0.6 is 0 Å². The van der Waals surface area contributed by atoms with Crippen molar-refractivity contribution in [1.82, 2.24) is 14.7 Å². The molecule has 1 saturated heterocycles. The van der Waals surface area contributed by atoms with Crippen molar-refractivity contribution in [2.24, 2.45) is 0 Å². The number of benzene rings is 1. The number of carbonyl (C=O) groups is 1. The van der Waals surface area contributed by atoms with Crippen molar-refractivity contribution >= 4 is 11.6 Å². The zero-order valence-electron chi connectivity index (χ0n) is 14.2. The van der Waals surface area contributed by atoms with Gasteiger partial charge >= 0.3 is 0 Å². The van der Waals surface area contributed by atoms with Crippen molar-refractivity contribution < 1.29 is 9.53 Å². The number of pyridine rings is 1. The first-order valence-electron chi connectivity index (χ1n) is 8.64. The number of nitrogens with one attached hydrogen (secondary N) is 1. The molecule has 0 aliphatic carbocycles. The van der Waals surface area contributed by atoms with Crippen molar-refractivity contribution in [3.8, 4) is 11.1 Å². The number of aromatic nitrogens is 2. The highest BCUT2D eigenvalue weighted by Crippen LogP contribution is 2.23. The molecule has 1 aliphatic heterocycles. The molecule has 2 aromatic heterocycles. The maximum atomic E-state index is 12.3. The third-order valence-electron chi connectivity index (χ3n) is 4.67. The molecule has 5 nitrogen and oxygen atoms in total. The number of rotatable bonds is 4. The van der Waals surface area contributed by atoms with Crippen molar-refractivity contribution in [2.45, 2.75) is 25.9 Å². The number of fused-ring (bicyclic) bond motifs is 1. The van der Waals surface area contributed by atoms with Crippen LogP contribution in [-0.4, -0.2) is 34.5 Å². The molecule has 0 saturated carbocycles. The first-order chi connectivity index (χ1) is 12.2. The van der Waals surface area contributed by atoms with Gasteiger partial charge in [0, 0.05) is 37.3 Å². The predicted molar refractivity (Wildman–Crippen MR) is 96.7 cm³/mol. The minimum absolute atomic E-state index is 0.0525. The van der Waals surface area contributed by atoms with Crippen molar-refractivity contribution in [2.75, 3.05) is 13.2 Å². The fourth-order valence-electron chi connectivity index (χ4n) is 3.29. The SMILES string of the molecule is Cc1cc(-c2ccc(C(=O)NC[C@H]3CCCO3)cc2)cn2ccnc12. The van der Waals surface area contributed by atoms with E-state index in [0.717, 1.165) is 41.8 Å². The van der Waals surface area contributed by atoms with E-state index in [1.807, 2.05) is 34.9 Å². The van der Waals surface area contributed by atoms with Gasteiger partial charge in [-0.15, -0.1) is 0 Å². The normalized spacial score (nSPS) is 17.1. The van der Waals surface area contributed by atoms with Gasteiger partial charge < -0.3 is 14.5 Å². The second-order valence-electron chi connectivity index (χ2n) is 6.49. The lowest BCUT2D eigenvalue weighted by Crippen LogP contribution is -2.31. The Balaban J connectivity index is 1.49. The van der Waals surface area contributed by atoms with Crippen LogP contribution < -0.4 is 5.32 Å². The van der Waals surface area contributed by atoms with Crippen molar-refractivity contribution in [3.05, 3.63) is 60.0 Å². The number of nitrogens with zero attached hydrogens (tertiary/aromatic N) is 2. The second-order valence-corrected chi connectivity index (χ2v) is 6.49. The van der Waals surface area contributed by atoms with Gasteiger partial charge in [0.25, 0.3) is 5.91 Å². The summed E-state index contributed by atoms with van der Waals surface area (Å²) < 4.78 is 7.55. The lowest BCUT2D eigenvalue weighted by molar-refractivity contribution is 0.0858. The van der Waals surface area contributed by atoms with Crippen LogP contribution in [-0.2, 0) is 4.74 Å². The summed E-state index contributed by atoms with van der Waals surface area (Å²) in [6, 6.07) is 9.83. The van der Waals surface area contributed by atoms with Crippen molar-refractivity contribution in [3.63, 3.8) is 0 Å². The van der Waals surface area contributed by atoms with Crippen LogP contribution in [0.5, 0.6) is 0 Å². The molecular weight excluding hydrogens is 314 g/mol. The van der Waals surface area contributed by atoms with Gasteiger partial charge in [0.05, 0.1) is 6.10 Å². The molecule has 1 N–H and O–H groups in total. The van der Waals surface area contributed by atoms with Crippen LogP contribution in [0.4, 0.5) is 0 Å². The molecule has 25 heavy (non-hydrogen) atoms. The molecule has 1 amide bonds. The summed E-state index contributed by atoms with van der Waals surface area (Å²) in [7, 11) is 0. The van der Waals surface area contributed by atoms with E-state index in [9.17, 15) is 4.79 Å². The van der Waals surface area contributed by atoms with Gasteiger partial charge in [-0.1, -0.05) is 12.1 Å². The van der Waals surface area contributed by atoms with Crippen LogP contribution in [0.25, 0.3) is 16.8 Å². The molecule has 1 atom stereocenters. The van der Waals surface area contributed by atoms with Gasteiger partial charge in [-0.3, -0.25) is 4.79 Å². The summed E-state index contributed by atoms with van der Waals surface area (Å²) >= 11 is 0. The number of carbonyl (C=O) groups excluding carboxylic acids is 1. The predicted octanol–water partition coefficient (Wildman–Crippen LogP) is 3.22. The Kier molecular flexibility index (Phi) is 4.24. The van der Waals surface area contributed by atoms with Gasteiger partial charge in [-0.25, -0.2) is 4.98 Å². The third-order valence-corrected chi connectivity index (χ3v) is 4.67. The van der Waals surface area contributed by atoms with Gasteiger partial charge in [0.1, 0.15) is 5.65 Å². The maximum absolute atomic E-state index is 12.3. The lowest BCUT2D eigenvalue weighted by atomic mass is 10.0. The van der Waals surface area contributed by atoms with Crippen LogP contribution in [0, 0.1) is 6.92 Å². The highest BCUT2D eigenvalue weighted by molar-refractivity contribution is 5.94. The van der Waals surface area contributed by atoms with Crippen molar-refractivity contribution in [1.29, 1.82) is 0 Å². The Bertz CT molecular complexity index is 893. The highest BCUT2D eigenvalue weighted by atomic mass is 16.5. The fraction of sp³-hybridized carbons (Fsp3) is 0.300. The number of hydrogen-bond acceptors (Lipinski definition) is 3. The van der Waals surface area contributed by atoms with E-state index in [2.05, 4.69) is 29.5 Å². The Labute approximate surface area is 146 Å². The molecule has 128 valence electrons. The smallest absolute Gasteiger partial charge is 0.251 e. The number of imidazole rings is 1. The Morgan fingerprint density at radius 1 is 1.32 bits per heavy atom. The fourth-order valence-corrected chi connectivity index (χ4v) is 3.29. The third kappa shape index (κ3) is 3.28. The summed E-state index contributed by atoms with van der Waals surface area (Å²) in [6.07, 6.45) is 8.06. The maximum Gasteiger partial charge on any atom is 0.251 e. The van der Waals surface area contributed by atoms with E-state index in [-0.39, 0.29) is 12.0 Å². The minimum atomic E-state index is -0.0525. The number of aryl methyl sites for hydroxylation is 1. The number of ether oxygens (including phenoxy) is 1. The molecule has 0 spiro atoms. The standard InChI is InChI=1S/C20H21N3O2/c1-14-11-17(13-23-9-8-21-19(14)23)15-4-6-16(7-5-15)20(24)22-12-18-3-2-10-25-18/h4-9,11,13,18H,2-3,10,12H2,1H3,(H,22,24)/t18-/m1/s1. The average Bonchev–Trinajstić information content (AvgIpc) is 3.31. The van der Waals surface area contributed by atoms with E-state index in [1.54, 1.807) is 6.20 Å². The van der Waals surface area contributed by atoms with Crippen LogP contribution in [0.15, 0.2) is 48.9 Å². The molecule has 1 aliphatic rings. The van der Waals surface area contributed by atoms with Crippen LogP contribution in [0.3, 0.4) is 0 Å². The molecule has 0 bridgehead atoms. The molecule has 4 rings (SSSR count). The molecule has 3 heterocycles. The summed E-state index contributed by atoms with van der Waals surface area (Å²) in [6.45, 7) is 3.44. The molecule has 5 heteroatoms. The number of hydrogen-bond donors (Lipinski definition) is 1. The van der Waals surface area contributed by atoms with E-state index >= 15 is 0 Å². The summed E-state index contributed by atoms with van der Waals surface area (Å²) in [5.74, 6) is -0.0525. The topological polar surface area (TPSA) is 55.6 Å². The zero-order valence-corrected chi connectivity index (χ0v) is 14.2. The molecule has 3 aromatic rings. The molecule has 0 unspecified atom stereocenters. The van der Waals surface area contributed by atoms with Gasteiger partial charge in [0.2, 0.25) is 0 Å². The average molecular weight is 335 g/mol. The summed E-state index contributed by atoms with van der Waals surface area (Å²) in [5, 5.41) is 2.95. The molecule has 1 fully saturated rings. The van der Waals surface area contributed by atoms with Gasteiger partial charge in [-0.05, 0) is 54.7 Å². The van der Waals surface area contributed by atoms with Gasteiger partial charge in [-0.2, -0.15) is 0 Å². The molecule has 1 aromatic carbocycles. The Hall–Kier alpha value is -2.66. The molecular formula is C20H21N3O2. The Morgan fingerprint density at radius 2 is 2.16 bits per heavy atom. The quantitative estimate of drug-likeness (QED) is 0.796. The Morgan fingerprint density at radius 3 is 2.92 bits per heavy atom. The number of amides is 1. The first kappa shape index (κ1) is 15.8. The first-order valence-corrected chi connectivity index (χ1v) is 8.64. The minimum Gasteiger partial charge on any atom is -0.376 e. The van der Waals surface area contributed by atoms with Crippen LogP contribution in [0.2, 0.25) is 0 Å². The molecule has 0 radical (unpaired) electrons. The van der Waals surface area contributed by atoms with Gasteiger partial charge in [0.15, 0.2) is 0 Å². The summed E-state index contributed by atoms with van der Waals surface area (Å²) in [4.78, 5) is 16.6. The monoisotopic (exact) mass is 335 g/mol. The van der Waals surface area contributed by atoms with Crippen LogP contribution in [0.1, 0.15) is 28.8 Å². The zero-order chi connectivity index (χ0) is 17.2. The van der Waals surface area contributed by atoms with E-state index in [1.165, 1.54) is 0 Å². The van der Waals surface area contributed by atoms with E-state index < -0.39 is 0 Å². The highest BCUT2D eigenvalue weighted by Gasteiger charge is 2.16. The summed E-state index contributed by atoms with van der Waals surface area (Å²) in [5.41, 5.74) is 4.95. The largest absolute Gasteiger partial charge is 0.376 e.